The molecule has 3 nitrogen and oxygen atoms in total. The van der Waals surface area contributed by atoms with Crippen LogP contribution in [0.2, 0.25) is 0 Å². The minimum absolute atomic E-state index is 0.358. The van der Waals surface area contributed by atoms with Gasteiger partial charge in [-0.3, -0.25) is 0 Å². The second-order valence-electron chi connectivity index (χ2n) is 9.18. The van der Waals surface area contributed by atoms with Crippen LogP contribution in [0, 0.1) is 17.8 Å². The van der Waals surface area contributed by atoms with Gasteiger partial charge in [0.2, 0.25) is 0 Å². The van der Waals surface area contributed by atoms with Gasteiger partial charge in [0.1, 0.15) is 0 Å². The maximum Gasteiger partial charge on any atom is 0.186 e. The highest BCUT2D eigenvalue weighted by molar-refractivity contribution is 5.00. The van der Waals surface area contributed by atoms with E-state index in [9.17, 15) is 0 Å². The van der Waals surface area contributed by atoms with Crippen molar-refractivity contribution in [3.63, 3.8) is 0 Å². The number of nitrogens with one attached hydrogen (secondary N) is 1. The third-order valence-electron chi connectivity index (χ3n) is 7.42. The highest BCUT2D eigenvalue weighted by atomic mass is 16.7. The van der Waals surface area contributed by atoms with E-state index in [1.165, 1.54) is 77.0 Å². The first-order valence-electron chi connectivity index (χ1n) is 12.7. The SMILES string of the molecule is CCCCCCCCC(CC)C(OCC)(OCC)C1NCCC2CCCCC21. The van der Waals surface area contributed by atoms with Crippen molar-refractivity contribution in [1.29, 1.82) is 0 Å². The first-order valence-corrected chi connectivity index (χ1v) is 12.7. The molecule has 166 valence electrons. The van der Waals surface area contributed by atoms with Gasteiger partial charge in [-0.15, -0.1) is 0 Å². The van der Waals surface area contributed by atoms with Gasteiger partial charge in [0, 0.05) is 19.1 Å². The largest absolute Gasteiger partial charge is 0.348 e. The molecule has 0 aromatic rings. The van der Waals surface area contributed by atoms with Gasteiger partial charge in [-0.1, -0.05) is 71.6 Å². The summed E-state index contributed by atoms with van der Waals surface area (Å²) in [6.07, 6.45) is 17.4. The number of ether oxygens (including phenoxy) is 2. The van der Waals surface area contributed by atoms with Crippen LogP contribution in [-0.2, 0) is 9.47 Å². The molecule has 0 radical (unpaired) electrons. The summed E-state index contributed by atoms with van der Waals surface area (Å²) in [7, 11) is 0. The molecule has 3 heteroatoms. The van der Waals surface area contributed by atoms with Crippen molar-refractivity contribution >= 4 is 0 Å². The van der Waals surface area contributed by atoms with Crippen LogP contribution in [0.3, 0.4) is 0 Å². The van der Waals surface area contributed by atoms with E-state index in [1.54, 1.807) is 0 Å². The minimum atomic E-state index is -0.442. The zero-order valence-corrected chi connectivity index (χ0v) is 19.4. The summed E-state index contributed by atoms with van der Waals surface area (Å²) in [6.45, 7) is 11.5. The number of hydrogen-bond donors (Lipinski definition) is 1. The van der Waals surface area contributed by atoms with Crippen LogP contribution in [0.25, 0.3) is 0 Å². The van der Waals surface area contributed by atoms with Gasteiger partial charge in [0.15, 0.2) is 5.79 Å². The van der Waals surface area contributed by atoms with Crippen LogP contribution in [-0.4, -0.2) is 31.6 Å². The van der Waals surface area contributed by atoms with Gasteiger partial charge in [0.25, 0.3) is 0 Å². The summed E-state index contributed by atoms with van der Waals surface area (Å²) in [5.74, 6) is 1.63. The first kappa shape index (κ1) is 24.2. The molecule has 1 heterocycles. The molecule has 1 N–H and O–H groups in total. The molecule has 0 amide bonds. The molecule has 2 rings (SSSR count). The van der Waals surface area contributed by atoms with Gasteiger partial charge < -0.3 is 14.8 Å². The highest BCUT2D eigenvalue weighted by Crippen LogP contribution is 2.45. The van der Waals surface area contributed by atoms with Crippen molar-refractivity contribution < 1.29 is 9.47 Å². The van der Waals surface area contributed by atoms with Crippen LogP contribution < -0.4 is 5.32 Å². The van der Waals surface area contributed by atoms with Gasteiger partial charge in [-0.25, -0.2) is 0 Å². The average molecular weight is 396 g/mol. The fourth-order valence-corrected chi connectivity index (χ4v) is 6.07. The Balaban J connectivity index is 2.12. The maximum atomic E-state index is 6.62. The number of unbranched alkanes of at least 4 members (excludes halogenated alkanes) is 5. The fraction of sp³-hybridized carbons (Fsp3) is 1.00. The fourth-order valence-electron chi connectivity index (χ4n) is 6.07. The number of fused-ring (bicyclic) bond motifs is 1. The number of piperidine rings is 1. The predicted octanol–water partition coefficient (Wildman–Crippen LogP) is 6.70. The second-order valence-corrected chi connectivity index (χ2v) is 9.18. The summed E-state index contributed by atoms with van der Waals surface area (Å²) >= 11 is 0. The van der Waals surface area contributed by atoms with Crippen LogP contribution in [0.15, 0.2) is 0 Å². The lowest BCUT2D eigenvalue weighted by molar-refractivity contribution is -0.294. The summed E-state index contributed by atoms with van der Waals surface area (Å²) in [5.41, 5.74) is 0. The van der Waals surface area contributed by atoms with E-state index in [0.717, 1.165) is 38.0 Å². The zero-order valence-electron chi connectivity index (χ0n) is 19.4. The lowest BCUT2D eigenvalue weighted by Gasteiger charge is -2.53. The molecular formula is C25H49NO2. The third kappa shape index (κ3) is 6.19. The Morgan fingerprint density at radius 2 is 1.54 bits per heavy atom. The first-order chi connectivity index (χ1) is 13.7. The van der Waals surface area contributed by atoms with E-state index in [2.05, 4.69) is 33.0 Å². The standard InChI is InChI=1S/C25H49NO2/c1-5-9-10-11-12-13-17-22(6-2)25(27-7-3,28-8-4)24-23-18-15-14-16-21(23)19-20-26-24/h21-24,26H,5-20H2,1-4H3. The average Bonchev–Trinajstić information content (AvgIpc) is 2.73. The Morgan fingerprint density at radius 1 is 0.857 bits per heavy atom. The summed E-state index contributed by atoms with van der Waals surface area (Å²) < 4.78 is 13.2. The van der Waals surface area contributed by atoms with Gasteiger partial charge in [-0.2, -0.15) is 0 Å². The summed E-state index contributed by atoms with van der Waals surface area (Å²) in [5, 5.41) is 3.91. The van der Waals surface area contributed by atoms with Crippen molar-refractivity contribution in [3.8, 4) is 0 Å². The number of hydrogen-bond acceptors (Lipinski definition) is 3. The van der Waals surface area contributed by atoms with Crippen LogP contribution in [0.5, 0.6) is 0 Å². The van der Waals surface area contributed by atoms with Crippen molar-refractivity contribution in [1.82, 2.24) is 5.32 Å². The normalized spacial score (nSPS) is 26.8. The molecule has 4 atom stereocenters. The van der Waals surface area contributed by atoms with E-state index in [-0.39, 0.29) is 0 Å². The van der Waals surface area contributed by atoms with Crippen LogP contribution in [0.1, 0.15) is 111 Å². The molecule has 28 heavy (non-hydrogen) atoms. The van der Waals surface area contributed by atoms with Gasteiger partial charge >= 0.3 is 0 Å². The van der Waals surface area contributed by atoms with Crippen molar-refractivity contribution in [3.05, 3.63) is 0 Å². The lowest BCUT2D eigenvalue weighted by atomic mass is 9.67. The van der Waals surface area contributed by atoms with E-state index >= 15 is 0 Å². The maximum absolute atomic E-state index is 6.62. The monoisotopic (exact) mass is 395 g/mol. The van der Waals surface area contributed by atoms with Gasteiger partial charge in [-0.05, 0) is 57.9 Å². The molecule has 1 saturated carbocycles. The molecule has 4 unspecified atom stereocenters. The quantitative estimate of drug-likeness (QED) is 0.262. The lowest BCUT2D eigenvalue weighted by Crippen LogP contribution is -2.65. The summed E-state index contributed by atoms with van der Waals surface area (Å²) in [4.78, 5) is 0. The van der Waals surface area contributed by atoms with Crippen molar-refractivity contribution in [2.45, 2.75) is 123 Å². The zero-order chi connectivity index (χ0) is 20.2. The van der Waals surface area contributed by atoms with E-state index < -0.39 is 5.79 Å². The second kappa shape index (κ2) is 13.2. The molecule has 0 aromatic heterocycles. The molecule has 1 saturated heterocycles. The Hall–Kier alpha value is -0.120. The summed E-state index contributed by atoms with van der Waals surface area (Å²) in [6, 6.07) is 0.358. The highest BCUT2D eigenvalue weighted by Gasteiger charge is 2.52. The van der Waals surface area contributed by atoms with E-state index in [1.807, 2.05) is 0 Å². The van der Waals surface area contributed by atoms with Crippen molar-refractivity contribution in [2.75, 3.05) is 19.8 Å². The molecule has 0 spiro atoms. The third-order valence-corrected chi connectivity index (χ3v) is 7.42. The Labute approximate surface area is 175 Å². The van der Waals surface area contributed by atoms with Crippen molar-refractivity contribution in [2.24, 2.45) is 17.8 Å². The van der Waals surface area contributed by atoms with E-state index in [4.69, 9.17) is 9.47 Å². The topological polar surface area (TPSA) is 30.5 Å². The molecular weight excluding hydrogens is 346 g/mol. The van der Waals surface area contributed by atoms with Crippen LogP contribution >= 0.6 is 0 Å². The van der Waals surface area contributed by atoms with E-state index in [0.29, 0.717) is 12.0 Å². The molecule has 1 aliphatic carbocycles. The Morgan fingerprint density at radius 3 is 2.21 bits per heavy atom. The molecule has 0 bridgehead atoms. The Bertz CT molecular complexity index is 392. The van der Waals surface area contributed by atoms with Crippen LogP contribution in [0.4, 0.5) is 0 Å². The molecule has 0 aromatic carbocycles. The minimum Gasteiger partial charge on any atom is -0.348 e. The smallest absolute Gasteiger partial charge is 0.186 e. The predicted molar refractivity (Wildman–Crippen MR) is 120 cm³/mol. The molecule has 2 aliphatic rings. The Kier molecular flexibility index (Phi) is 11.4. The molecule has 1 aliphatic heterocycles. The van der Waals surface area contributed by atoms with Gasteiger partial charge in [0.05, 0.1) is 6.04 Å². The molecule has 2 fully saturated rings. The number of rotatable bonds is 14.